The van der Waals surface area contributed by atoms with E-state index < -0.39 is 0 Å². The first kappa shape index (κ1) is 13.2. The molecule has 1 amide bonds. The summed E-state index contributed by atoms with van der Waals surface area (Å²) in [6.45, 7) is 3.78. The highest BCUT2D eigenvalue weighted by Gasteiger charge is 2.09. The number of para-hydroxylation sites is 1. The Morgan fingerprint density at radius 2 is 2.05 bits per heavy atom. The zero-order valence-electron chi connectivity index (χ0n) is 10.9. The molecule has 0 aliphatic heterocycles. The van der Waals surface area contributed by atoms with Gasteiger partial charge in [0.15, 0.2) is 0 Å². The van der Waals surface area contributed by atoms with Crippen molar-refractivity contribution in [3.8, 4) is 0 Å². The molecular formula is C13H16N4O2. The Balaban J connectivity index is 2.05. The molecule has 2 N–H and O–H groups in total. The van der Waals surface area contributed by atoms with Crippen molar-refractivity contribution in [3.05, 3.63) is 41.2 Å². The molecule has 0 saturated carbocycles. The fourth-order valence-electron chi connectivity index (χ4n) is 1.83. The van der Waals surface area contributed by atoms with Gasteiger partial charge in [0.25, 0.3) is 0 Å². The van der Waals surface area contributed by atoms with Gasteiger partial charge in [-0.05, 0) is 25.0 Å². The molecule has 0 spiro atoms. The third-order valence-electron chi connectivity index (χ3n) is 2.80. The normalized spacial score (nSPS) is 10.5. The first-order valence-corrected chi connectivity index (χ1v) is 5.96. The smallest absolute Gasteiger partial charge is 0.246 e. The van der Waals surface area contributed by atoms with Gasteiger partial charge in [0.05, 0.1) is 12.8 Å². The number of hydrogen-bond donors (Lipinski definition) is 2. The maximum atomic E-state index is 11.9. The summed E-state index contributed by atoms with van der Waals surface area (Å²) >= 11 is 0. The highest BCUT2D eigenvalue weighted by atomic mass is 16.3. The van der Waals surface area contributed by atoms with Gasteiger partial charge in [0.2, 0.25) is 5.91 Å². The van der Waals surface area contributed by atoms with E-state index in [9.17, 15) is 4.79 Å². The Kier molecular flexibility index (Phi) is 3.91. The van der Waals surface area contributed by atoms with Crippen molar-refractivity contribution in [1.29, 1.82) is 0 Å². The standard InChI is InChI=1S/C13H16N4O2/c1-9-4-3-5-10(2)13(9)14-12(19)7-17-6-11(8-18)15-16-17/h3-6,18H,7-8H2,1-2H3,(H,14,19). The lowest BCUT2D eigenvalue weighted by atomic mass is 10.1. The molecule has 1 aromatic carbocycles. The number of hydrogen-bond acceptors (Lipinski definition) is 4. The third-order valence-corrected chi connectivity index (χ3v) is 2.80. The number of anilines is 1. The van der Waals surface area contributed by atoms with Crippen molar-refractivity contribution in [1.82, 2.24) is 15.0 Å². The summed E-state index contributed by atoms with van der Waals surface area (Å²) in [5, 5.41) is 19.2. The van der Waals surface area contributed by atoms with Crippen molar-refractivity contribution in [2.24, 2.45) is 0 Å². The van der Waals surface area contributed by atoms with E-state index in [0.29, 0.717) is 5.69 Å². The van der Waals surface area contributed by atoms with E-state index in [-0.39, 0.29) is 19.1 Å². The summed E-state index contributed by atoms with van der Waals surface area (Å²) in [7, 11) is 0. The molecule has 0 unspecified atom stereocenters. The minimum atomic E-state index is -0.182. The molecule has 100 valence electrons. The van der Waals surface area contributed by atoms with Crippen LogP contribution in [0.4, 0.5) is 5.69 Å². The number of carbonyl (C=O) groups excluding carboxylic acids is 1. The molecule has 0 aliphatic carbocycles. The van der Waals surface area contributed by atoms with Crippen molar-refractivity contribution in [2.45, 2.75) is 27.0 Å². The summed E-state index contributed by atoms with van der Waals surface area (Å²) in [6.07, 6.45) is 1.55. The minimum absolute atomic E-state index is 0.0702. The molecule has 0 saturated heterocycles. The Bertz CT molecular complexity index is 572. The number of aryl methyl sites for hydroxylation is 2. The summed E-state index contributed by atoms with van der Waals surface area (Å²) in [4.78, 5) is 11.9. The number of nitrogens with one attached hydrogen (secondary N) is 1. The maximum Gasteiger partial charge on any atom is 0.246 e. The van der Waals surface area contributed by atoms with E-state index in [4.69, 9.17) is 5.11 Å². The van der Waals surface area contributed by atoms with E-state index in [1.807, 2.05) is 32.0 Å². The molecule has 0 radical (unpaired) electrons. The molecule has 6 nitrogen and oxygen atoms in total. The first-order valence-electron chi connectivity index (χ1n) is 5.96. The number of aromatic nitrogens is 3. The number of amides is 1. The molecule has 0 atom stereocenters. The lowest BCUT2D eigenvalue weighted by molar-refractivity contribution is -0.116. The van der Waals surface area contributed by atoms with Crippen LogP contribution in [-0.4, -0.2) is 26.0 Å². The lowest BCUT2D eigenvalue weighted by Crippen LogP contribution is -2.20. The zero-order chi connectivity index (χ0) is 13.8. The van der Waals surface area contributed by atoms with Gasteiger partial charge < -0.3 is 10.4 Å². The third kappa shape index (κ3) is 3.17. The zero-order valence-corrected chi connectivity index (χ0v) is 10.9. The summed E-state index contributed by atoms with van der Waals surface area (Å²) in [5.41, 5.74) is 3.31. The fourth-order valence-corrected chi connectivity index (χ4v) is 1.83. The van der Waals surface area contributed by atoms with Crippen LogP contribution in [0, 0.1) is 13.8 Å². The SMILES string of the molecule is Cc1cccc(C)c1NC(=O)Cn1cc(CO)nn1. The summed E-state index contributed by atoms with van der Waals surface area (Å²) in [6, 6.07) is 5.84. The number of nitrogens with zero attached hydrogens (tertiary/aromatic N) is 3. The summed E-state index contributed by atoms with van der Waals surface area (Å²) < 4.78 is 1.40. The van der Waals surface area contributed by atoms with Gasteiger partial charge in [-0.1, -0.05) is 23.4 Å². The molecular weight excluding hydrogens is 244 g/mol. The monoisotopic (exact) mass is 260 g/mol. The number of rotatable bonds is 4. The Morgan fingerprint density at radius 1 is 1.37 bits per heavy atom. The fraction of sp³-hybridized carbons (Fsp3) is 0.308. The average Bonchev–Trinajstić information content (AvgIpc) is 2.81. The maximum absolute atomic E-state index is 11.9. The second-order valence-corrected chi connectivity index (χ2v) is 4.38. The van der Waals surface area contributed by atoms with Gasteiger partial charge in [-0.3, -0.25) is 4.79 Å². The molecule has 1 aromatic heterocycles. The Hall–Kier alpha value is -2.21. The van der Waals surface area contributed by atoms with Crippen LogP contribution >= 0.6 is 0 Å². The highest BCUT2D eigenvalue weighted by molar-refractivity contribution is 5.92. The van der Waals surface area contributed by atoms with Gasteiger partial charge >= 0.3 is 0 Å². The van der Waals surface area contributed by atoms with Crippen LogP contribution in [0.1, 0.15) is 16.8 Å². The van der Waals surface area contributed by atoms with Crippen molar-refractivity contribution < 1.29 is 9.90 Å². The van der Waals surface area contributed by atoms with Gasteiger partial charge in [-0.2, -0.15) is 0 Å². The van der Waals surface area contributed by atoms with Crippen LogP contribution in [-0.2, 0) is 17.9 Å². The predicted molar refractivity (Wildman–Crippen MR) is 70.5 cm³/mol. The van der Waals surface area contributed by atoms with E-state index in [2.05, 4.69) is 15.6 Å². The molecule has 1 heterocycles. The Morgan fingerprint density at radius 3 is 2.63 bits per heavy atom. The van der Waals surface area contributed by atoms with E-state index in [0.717, 1.165) is 16.8 Å². The summed E-state index contributed by atoms with van der Waals surface area (Å²) in [5.74, 6) is -0.174. The van der Waals surface area contributed by atoms with Crippen molar-refractivity contribution in [2.75, 3.05) is 5.32 Å². The van der Waals surface area contributed by atoms with Gasteiger partial charge in [0, 0.05) is 5.69 Å². The molecule has 6 heteroatoms. The lowest BCUT2D eigenvalue weighted by Gasteiger charge is -2.11. The average molecular weight is 260 g/mol. The molecule has 0 bridgehead atoms. The van der Waals surface area contributed by atoms with E-state index in [1.54, 1.807) is 6.20 Å². The molecule has 2 aromatic rings. The van der Waals surface area contributed by atoms with Crippen molar-refractivity contribution in [3.63, 3.8) is 0 Å². The van der Waals surface area contributed by atoms with Gasteiger partial charge in [-0.25, -0.2) is 4.68 Å². The number of aliphatic hydroxyl groups is 1. The van der Waals surface area contributed by atoms with Crippen LogP contribution < -0.4 is 5.32 Å². The van der Waals surface area contributed by atoms with Crippen LogP contribution in [0.5, 0.6) is 0 Å². The first-order chi connectivity index (χ1) is 9.10. The second-order valence-electron chi connectivity index (χ2n) is 4.38. The minimum Gasteiger partial charge on any atom is -0.390 e. The van der Waals surface area contributed by atoms with E-state index >= 15 is 0 Å². The highest BCUT2D eigenvalue weighted by Crippen LogP contribution is 2.19. The molecule has 2 rings (SSSR count). The number of carbonyl (C=O) groups is 1. The molecule has 19 heavy (non-hydrogen) atoms. The molecule has 0 aliphatic rings. The van der Waals surface area contributed by atoms with Crippen LogP contribution in [0.25, 0.3) is 0 Å². The van der Waals surface area contributed by atoms with Gasteiger partial charge in [-0.15, -0.1) is 5.10 Å². The molecule has 0 fully saturated rings. The predicted octanol–water partition coefficient (Wildman–Crippen LogP) is 1.03. The van der Waals surface area contributed by atoms with E-state index in [1.165, 1.54) is 4.68 Å². The van der Waals surface area contributed by atoms with Crippen LogP contribution in [0.15, 0.2) is 24.4 Å². The topological polar surface area (TPSA) is 80.0 Å². The number of benzene rings is 1. The second kappa shape index (κ2) is 5.62. The van der Waals surface area contributed by atoms with Crippen LogP contribution in [0.2, 0.25) is 0 Å². The largest absolute Gasteiger partial charge is 0.390 e. The quantitative estimate of drug-likeness (QED) is 0.860. The number of aliphatic hydroxyl groups excluding tert-OH is 1. The van der Waals surface area contributed by atoms with Crippen molar-refractivity contribution >= 4 is 11.6 Å². The van der Waals surface area contributed by atoms with Gasteiger partial charge in [0.1, 0.15) is 12.2 Å². The Labute approximate surface area is 111 Å². The van der Waals surface area contributed by atoms with Crippen LogP contribution in [0.3, 0.4) is 0 Å².